The highest BCUT2D eigenvalue weighted by atomic mass is 28.3. The van der Waals surface area contributed by atoms with Gasteiger partial charge in [0.1, 0.15) is 12.0 Å². The Bertz CT molecular complexity index is 500. The van der Waals surface area contributed by atoms with Gasteiger partial charge in [0.2, 0.25) is 0 Å². The summed E-state index contributed by atoms with van der Waals surface area (Å²) >= 11 is 0. The maximum absolute atomic E-state index is 12.3. The Morgan fingerprint density at radius 3 is 2.12 bits per heavy atom. The summed E-state index contributed by atoms with van der Waals surface area (Å²) < 4.78 is 15.9. The average Bonchev–Trinajstić information content (AvgIpc) is 2.93. The predicted octanol–water partition coefficient (Wildman–Crippen LogP) is 2.79. The normalized spacial score (nSPS) is 26.4. The van der Waals surface area contributed by atoms with Crippen molar-refractivity contribution in [1.82, 2.24) is 0 Å². The molecule has 0 aromatic carbocycles. The first kappa shape index (κ1) is 20.7. The number of rotatable bonds is 6. The van der Waals surface area contributed by atoms with Crippen molar-refractivity contribution < 1.29 is 23.8 Å². The number of hydrogen-bond donors (Lipinski definition) is 0. The summed E-state index contributed by atoms with van der Waals surface area (Å²) in [5.74, 6) is 3.90. The first-order chi connectivity index (χ1) is 11.3. The lowest BCUT2D eigenvalue weighted by Crippen LogP contribution is -2.47. The molecule has 24 heavy (non-hydrogen) atoms. The van der Waals surface area contributed by atoms with Crippen LogP contribution in [0.3, 0.4) is 0 Å². The minimum absolute atomic E-state index is 0.316. The molecule has 0 aromatic rings. The Labute approximate surface area is 146 Å². The van der Waals surface area contributed by atoms with Crippen LogP contribution < -0.4 is 0 Å². The van der Waals surface area contributed by atoms with Gasteiger partial charge in [-0.3, -0.25) is 9.59 Å². The molecule has 0 spiro atoms. The van der Waals surface area contributed by atoms with E-state index in [9.17, 15) is 9.59 Å². The van der Waals surface area contributed by atoms with E-state index in [-0.39, 0.29) is 5.73 Å². The van der Waals surface area contributed by atoms with Crippen LogP contribution in [0, 0.1) is 23.7 Å². The van der Waals surface area contributed by atoms with E-state index >= 15 is 0 Å². The second-order valence-electron chi connectivity index (χ2n) is 7.22. The van der Waals surface area contributed by atoms with E-state index < -0.39 is 38.0 Å². The highest BCUT2D eigenvalue weighted by Gasteiger charge is 2.56. The summed E-state index contributed by atoms with van der Waals surface area (Å²) in [5.41, 5.74) is -0.316. The maximum atomic E-state index is 12.3. The highest BCUT2D eigenvalue weighted by molar-refractivity contribution is 6.77. The first-order valence-electron chi connectivity index (χ1n) is 8.57. The Morgan fingerprint density at radius 2 is 1.62 bits per heavy atom. The molecule has 0 N–H and O–H groups in total. The molecule has 0 saturated carbocycles. The maximum Gasteiger partial charge on any atom is 0.313 e. The smallest absolute Gasteiger partial charge is 0.313 e. The van der Waals surface area contributed by atoms with E-state index in [2.05, 4.69) is 38.4 Å². The molecule has 1 aliphatic heterocycles. The summed E-state index contributed by atoms with van der Waals surface area (Å²) in [4.78, 5) is 24.6. The van der Waals surface area contributed by atoms with Gasteiger partial charge in [-0.2, -0.15) is 0 Å². The predicted molar refractivity (Wildman–Crippen MR) is 94.9 cm³/mol. The molecular formula is C18H30O5Si. The van der Waals surface area contributed by atoms with Crippen molar-refractivity contribution in [2.24, 2.45) is 11.8 Å². The first-order valence-corrected chi connectivity index (χ1v) is 12.1. The largest absolute Gasteiger partial charge is 0.469 e. The summed E-state index contributed by atoms with van der Waals surface area (Å²) in [6.07, 6.45) is 3.44. The molecule has 0 bridgehead atoms. The van der Waals surface area contributed by atoms with Gasteiger partial charge < -0.3 is 14.2 Å². The Kier molecular flexibility index (Phi) is 7.97. The monoisotopic (exact) mass is 354 g/mol. The van der Waals surface area contributed by atoms with Gasteiger partial charge in [-0.05, 0) is 6.42 Å². The van der Waals surface area contributed by atoms with Crippen LogP contribution in [-0.2, 0) is 23.8 Å². The SMILES string of the molecule is CCCCCC#C[C@H]1O[C@@H]([Si](C)(C)C)[C@@H](C(=O)OC)[C@@H]1C(=O)OC. The number of methoxy groups -OCH3 is 2. The summed E-state index contributed by atoms with van der Waals surface area (Å²) in [5, 5.41) is 0. The van der Waals surface area contributed by atoms with Gasteiger partial charge in [0.05, 0.1) is 33.9 Å². The number of carbonyl (C=O) groups is 2. The lowest BCUT2D eigenvalue weighted by atomic mass is 9.90. The molecule has 0 amide bonds. The van der Waals surface area contributed by atoms with Crippen molar-refractivity contribution in [3.8, 4) is 11.8 Å². The van der Waals surface area contributed by atoms with E-state index in [4.69, 9.17) is 14.2 Å². The van der Waals surface area contributed by atoms with Crippen LogP contribution in [0.25, 0.3) is 0 Å². The van der Waals surface area contributed by atoms with Gasteiger partial charge in [-0.1, -0.05) is 45.3 Å². The van der Waals surface area contributed by atoms with Gasteiger partial charge in [-0.25, -0.2) is 0 Å². The molecule has 0 radical (unpaired) electrons. The van der Waals surface area contributed by atoms with Gasteiger partial charge in [0.15, 0.2) is 0 Å². The third kappa shape index (κ3) is 5.09. The number of unbranched alkanes of at least 4 members (excludes halogenated alkanes) is 3. The second kappa shape index (κ2) is 9.24. The third-order valence-electron chi connectivity index (χ3n) is 4.28. The van der Waals surface area contributed by atoms with E-state index in [0.29, 0.717) is 0 Å². The standard InChI is InChI=1S/C18H30O5Si/c1-7-8-9-10-11-12-13-14(16(19)21-2)15(17(20)22-3)18(23-13)24(4,5)6/h13-15,18H,7-10H2,1-6H3/t13-,14-,15-,18+/m1/s1. The molecule has 1 saturated heterocycles. The fraction of sp³-hybridized carbons (Fsp3) is 0.778. The zero-order valence-corrected chi connectivity index (χ0v) is 16.7. The van der Waals surface area contributed by atoms with Crippen LogP contribution in [0.5, 0.6) is 0 Å². The van der Waals surface area contributed by atoms with Crippen LogP contribution in [-0.4, -0.2) is 46.1 Å². The topological polar surface area (TPSA) is 61.8 Å². The minimum atomic E-state index is -1.87. The van der Waals surface area contributed by atoms with Crippen LogP contribution in [0.2, 0.25) is 19.6 Å². The van der Waals surface area contributed by atoms with Crippen molar-refractivity contribution >= 4 is 20.0 Å². The third-order valence-corrected chi connectivity index (χ3v) is 6.48. The quantitative estimate of drug-likeness (QED) is 0.318. The van der Waals surface area contributed by atoms with Crippen LogP contribution >= 0.6 is 0 Å². The van der Waals surface area contributed by atoms with Gasteiger partial charge in [0.25, 0.3) is 0 Å². The molecule has 1 rings (SSSR count). The summed E-state index contributed by atoms with van der Waals surface area (Å²) in [6, 6.07) is 0. The fourth-order valence-corrected chi connectivity index (χ4v) is 4.99. The van der Waals surface area contributed by atoms with Crippen molar-refractivity contribution in [2.75, 3.05) is 14.2 Å². The van der Waals surface area contributed by atoms with Gasteiger partial charge in [0, 0.05) is 6.42 Å². The molecule has 0 aromatic heterocycles. The second-order valence-corrected chi connectivity index (χ2v) is 12.5. The molecule has 4 atom stereocenters. The fourth-order valence-electron chi connectivity index (χ4n) is 3.02. The van der Waals surface area contributed by atoms with E-state index in [1.54, 1.807) is 0 Å². The zero-order valence-electron chi connectivity index (χ0n) is 15.7. The van der Waals surface area contributed by atoms with Crippen LogP contribution in [0.4, 0.5) is 0 Å². The van der Waals surface area contributed by atoms with E-state index in [0.717, 1.165) is 25.7 Å². The zero-order chi connectivity index (χ0) is 18.3. The van der Waals surface area contributed by atoms with Crippen molar-refractivity contribution in [3.63, 3.8) is 0 Å². The summed E-state index contributed by atoms with van der Waals surface area (Å²) in [6.45, 7) is 8.47. The highest BCUT2D eigenvalue weighted by Crippen LogP contribution is 2.38. The average molecular weight is 355 g/mol. The molecule has 1 heterocycles. The Morgan fingerprint density at radius 1 is 1.04 bits per heavy atom. The Balaban J connectivity index is 3.08. The number of carbonyl (C=O) groups excluding carboxylic acids is 2. The molecule has 1 aliphatic rings. The number of hydrogen-bond acceptors (Lipinski definition) is 5. The van der Waals surface area contributed by atoms with Crippen LogP contribution in [0.15, 0.2) is 0 Å². The number of esters is 2. The molecule has 6 heteroatoms. The lowest BCUT2D eigenvalue weighted by molar-refractivity contribution is -0.156. The Hall–Kier alpha value is -1.32. The van der Waals surface area contributed by atoms with Crippen molar-refractivity contribution in [2.45, 2.75) is 64.1 Å². The molecule has 136 valence electrons. The van der Waals surface area contributed by atoms with Gasteiger partial charge in [-0.15, -0.1) is 5.92 Å². The van der Waals surface area contributed by atoms with Crippen LogP contribution in [0.1, 0.15) is 32.6 Å². The lowest BCUT2D eigenvalue weighted by Gasteiger charge is -2.28. The molecule has 0 unspecified atom stereocenters. The minimum Gasteiger partial charge on any atom is -0.469 e. The number of ether oxygens (including phenoxy) is 3. The van der Waals surface area contributed by atoms with E-state index in [1.807, 2.05) is 0 Å². The molecule has 1 fully saturated rings. The van der Waals surface area contributed by atoms with Gasteiger partial charge >= 0.3 is 11.9 Å². The molecule has 0 aliphatic carbocycles. The van der Waals surface area contributed by atoms with Crippen molar-refractivity contribution in [3.05, 3.63) is 0 Å². The van der Waals surface area contributed by atoms with E-state index in [1.165, 1.54) is 14.2 Å². The molecule has 5 nitrogen and oxygen atoms in total. The molecular weight excluding hydrogens is 324 g/mol. The van der Waals surface area contributed by atoms with Crippen molar-refractivity contribution in [1.29, 1.82) is 0 Å². The summed E-state index contributed by atoms with van der Waals surface area (Å²) in [7, 11) is 0.791.